The first-order valence-corrected chi connectivity index (χ1v) is 12.4. The van der Waals surface area contributed by atoms with E-state index in [0.29, 0.717) is 19.1 Å². The van der Waals surface area contributed by atoms with Crippen molar-refractivity contribution in [3.63, 3.8) is 0 Å². The molecule has 1 aromatic carbocycles. The van der Waals surface area contributed by atoms with Crippen LogP contribution in [0, 0.1) is 11.7 Å². The lowest BCUT2D eigenvalue weighted by Crippen LogP contribution is -2.38. The van der Waals surface area contributed by atoms with Crippen LogP contribution in [0.3, 0.4) is 0 Å². The van der Waals surface area contributed by atoms with Crippen molar-refractivity contribution < 1.29 is 9.50 Å². The Kier molecular flexibility index (Phi) is 7.96. The maximum Gasteiger partial charge on any atom is 0.125 e. The van der Waals surface area contributed by atoms with Crippen LogP contribution < -0.4 is 5.32 Å². The third-order valence-electron chi connectivity index (χ3n) is 7.11. The number of aliphatic hydroxyl groups is 1. The van der Waals surface area contributed by atoms with Crippen LogP contribution in [-0.4, -0.2) is 51.8 Å². The Hall–Kier alpha value is -1.50. The molecule has 1 aromatic heterocycles. The van der Waals surface area contributed by atoms with Gasteiger partial charge in [-0.05, 0) is 50.7 Å². The molecule has 31 heavy (non-hydrogen) atoms. The predicted molar refractivity (Wildman–Crippen MR) is 124 cm³/mol. The van der Waals surface area contributed by atoms with Gasteiger partial charge in [-0.1, -0.05) is 32.1 Å². The van der Waals surface area contributed by atoms with E-state index in [-0.39, 0.29) is 5.82 Å². The molecule has 2 fully saturated rings. The predicted octanol–water partition coefficient (Wildman–Crippen LogP) is 4.64. The number of hydrogen-bond donors (Lipinski definition) is 2. The van der Waals surface area contributed by atoms with Crippen LogP contribution in [0.25, 0.3) is 11.0 Å². The summed E-state index contributed by atoms with van der Waals surface area (Å²) in [6.07, 6.45) is 11.7. The first kappa shape index (κ1) is 22.7. The van der Waals surface area contributed by atoms with E-state index < -0.39 is 6.10 Å². The third kappa shape index (κ3) is 6.05. The number of aromatic nitrogens is 2. The first-order valence-electron chi connectivity index (χ1n) is 12.4. The number of nitrogens with one attached hydrogen (secondary N) is 1. The van der Waals surface area contributed by atoms with E-state index >= 15 is 0 Å². The number of rotatable bonds is 7. The quantitative estimate of drug-likeness (QED) is 0.672. The van der Waals surface area contributed by atoms with Crippen LogP contribution in [0.15, 0.2) is 18.2 Å². The Morgan fingerprint density at radius 1 is 1.10 bits per heavy atom. The minimum Gasteiger partial charge on any atom is -0.392 e. The van der Waals surface area contributed by atoms with E-state index in [1.54, 1.807) is 6.92 Å². The number of fused-ring (bicyclic) bond motifs is 1. The smallest absolute Gasteiger partial charge is 0.125 e. The second-order valence-electron chi connectivity index (χ2n) is 9.75. The summed E-state index contributed by atoms with van der Waals surface area (Å²) in [6.45, 7) is 6.40. The van der Waals surface area contributed by atoms with Gasteiger partial charge in [0.1, 0.15) is 11.6 Å². The highest BCUT2D eigenvalue weighted by Gasteiger charge is 2.26. The van der Waals surface area contributed by atoms with E-state index in [9.17, 15) is 9.50 Å². The molecular formula is C25H39FN4O. The van der Waals surface area contributed by atoms with E-state index in [0.717, 1.165) is 48.7 Å². The van der Waals surface area contributed by atoms with Gasteiger partial charge in [0.15, 0.2) is 0 Å². The second-order valence-corrected chi connectivity index (χ2v) is 9.75. The molecule has 0 spiro atoms. The summed E-state index contributed by atoms with van der Waals surface area (Å²) in [7, 11) is 0. The summed E-state index contributed by atoms with van der Waals surface area (Å²) < 4.78 is 16.1. The van der Waals surface area contributed by atoms with Gasteiger partial charge in [-0.2, -0.15) is 0 Å². The molecule has 5 nitrogen and oxygen atoms in total. The molecule has 0 bridgehead atoms. The molecule has 172 valence electrons. The van der Waals surface area contributed by atoms with Crippen molar-refractivity contribution >= 4 is 11.0 Å². The van der Waals surface area contributed by atoms with Gasteiger partial charge >= 0.3 is 0 Å². The van der Waals surface area contributed by atoms with E-state index in [2.05, 4.69) is 14.8 Å². The largest absolute Gasteiger partial charge is 0.392 e. The fourth-order valence-corrected chi connectivity index (χ4v) is 5.50. The van der Waals surface area contributed by atoms with E-state index in [4.69, 9.17) is 4.98 Å². The van der Waals surface area contributed by atoms with Gasteiger partial charge in [-0.15, -0.1) is 0 Å². The Bertz CT molecular complexity index is 820. The van der Waals surface area contributed by atoms with Gasteiger partial charge in [0.05, 0.1) is 23.7 Å². The minimum absolute atomic E-state index is 0.241. The van der Waals surface area contributed by atoms with Crippen LogP contribution >= 0.6 is 0 Å². The molecule has 1 saturated carbocycles. The Morgan fingerprint density at radius 2 is 1.81 bits per heavy atom. The molecule has 1 atom stereocenters. The standard InChI is InChI=1S/C25H39FN4O/c1-19(31)16-27-17-25-28-23-15-21(26)9-10-24(23)30(25)22-11-13-29(14-12-22)18-20-7-5-3-2-4-6-8-20/h9-10,15,19-20,22,27,31H,2-8,11-14,16-18H2,1H3. The van der Waals surface area contributed by atoms with Crippen molar-refractivity contribution in [1.82, 2.24) is 19.8 Å². The van der Waals surface area contributed by atoms with E-state index in [1.807, 2.05) is 6.07 Å². The van der Waals surface area contributed by atoms with Crippen molar-refractivity contribution in [3.8, 4) is 0 Å². The zero-order valence-electron chi connectivity index (χ0n) is 19.0. The zero-order chi connectivity index (χ0) is 21.6. The van der Waals surface area contributed by atoms with Crippen LogP contribution in [0.5, 0.6) is 0 Å². The molecule has 1 aliphatic carbocycles. The lowest BCUT2D eigenvalue weighted by Gasteiger charge is -2.36. The molecule has 1 saturated heterocycles. The summed E-state index contributed by atoms with van der Waals surface area (Å²) in [6, 6.07) is 5.34. The highest BCUT2D eigenvalue weighted by molar-refractivity contribution is 5.76. The van der Waals surface area contributed by atoms with Crippen molar-refractivity contribution in [2.75, 3.05) is 26.2 Å². The SMILES string of the molecule is CC(O)CNCc1nc2cc(F)ccc2n1C1CCN(CC2CCCCCCC2)CC1. The van der Waals surface area contributed by atoms with Gasteiger partial charge < -0.3 is 19.9 Å². The zero-order valence-corrected chi connectivity index (χ0v) is 19.0. The summed E-state index contributed by atoms with van der Waals surface area (Å²) in [5, 5.41) is 12.9. The Morgan fingerprint density at radius 3 is 2.52 bits per heavy atom. The average Bonchev–Trinajstić information content (AvgIpc) is 3.07. The Balaban J connectivity index is 1.42. The number of benzene rings is 1. The molecule has 2 aliphatic rings. The van der Waals surface area contributed by atoms with E-state index in [1.165, 1.54) is 63.6 Å². The molecule has 2 N–H and O–H groups in total. The number of aliphatic hydroxyl groups excluding tert-OH is 1. The van der Waals surface area contributed by atoms with Gasteiger partial charge in [0.25, 0.3) is 0 Å². The van der Waals surface area contributed by atoms with Gasteiger partial charge in [0.2, 0.25) is 0 Å². The normalized spacial score (nSPS) is 21.3. The number of imidazole rings is 1. The van der Waals surface area contributed by atoms with Gasteiger partial charge in [-0.3, -0.25) is 0 Å². The van der Waals surface area contributed by atoms with Crippen molar-refractivity contribution in [2.24, 2.45) is 5.92 Å². The highest BCUT2D eigenvalue weighted by Crippen LogP contribution is 2.31. The molecular weight excluding hydrogens is 391 g/mol. The molecule has 0 radical (unpaired) electrons. The summed E-state index contributed by atoms with van der Waals surface area (Å²) in [5.41, 5.74) is 1.75. The lowest BCUT2D eigenvalue weighted by atomic mass is 9.90. The number of piperidine rings is 1. The van der Waals surface area contributed by atoms with Crippen molar-refractivity contribution in [3.05, 3.63) is 29.8 Å². The minimum atomic E-state index is -0.396. The summed E-state index contributed by atoms with van der Waals surface area (Å²) in [4.78, 5) is 7.42. The monoisotopic (exact) mass is 430 g/mol. The first-order chi connectivity index (χ1) is 15.1. The molecule has 0 amide bonds. The summed E-state index contributed by atoms with van der Waals surface area (Å²) in [5.74, 6) is 1.57. The fourth-order valence-electron chi connectivity index (χ4n) is 5.50. The summed E-state index contributed by atoms with van der Waals surface area (Å²) >= 11 is 0. The van der Waals surface area contributed by atoms with Crippen molar-refractivity contribution in [1.29, 1.82) is 0 Å². The second kappa shape index (κ2) is 10.9. The molecule has 1 aliphatic heterocycles. The molecule has 2 aromatic rings. The van der Waals surface area contributed by atoms with Gasteiger partial charge in [-0.25, -0.2) is 9.37 Å². The maximum absolute atomic E-state index is 13.8. The highest BCUT2D eigenvalue weighted by atomic mass is 19.1. The lowest BCUT2D eigenvalue weighted by molar-refractivity contribution is 0.151. The van der Waals surface area contributed by atoms with Crippen LogP contribution in [0.2, 0.25) is 0 Å². The van der Waals surface area contributed by atoms with Crippen LogP contribution in [-0.2, 0) is 6.54 Å². The number of likely N-dealkylation sites (tertiary alicyclic amines) is 1. The van der Waals surface area contributed by atoms with Crippen LogP contribution in [0.4, 0.5) is 4.39 Å². The average molecular weight is 431 g/mol. The van der Waals surface area contributed by atoms with Crippen LogP contribution in [0.1, 0.15) is 76.6 Å². The topological polar surface area (TPSA) is 53.3 Å². The third-order valence-corrected chi connectivity index (χ3v) is 7.11. The Labute approximate surface area is 186 Å². The number of nitrogens with zero attached hydrogens (tertiary/aromatic N) is 3. The number of hydrogen-bond acceptors (Lipinski definition) is 4. The number of halogens is 1. The fraction of sp³-hybridized carbons (Fsp3) is 0.720. The van der Waals surface area contributed by atoms with Gasteiger partial charge in [0, 0.05) is 38.3 Å². The maximum atomic E-state index is 13.8. The molecule has 6 heteroatoms. The molecule has 2 heterocycles. The molecule has 1 unspecified atom stereocenters. The van der Waals surface area contributed by atoms with Crippen molar-refractivity contribution in [2.45, 2.75) is 83.4 Å². The molecule has 4 rings (SSSR count).